The van der Waals surface area contributed by atoms with Crippen molar-refractivity contribution in [3.8, 4) is 11.5 Å². The summed E-state index contributed by atoms with van der Waals surface area (Å²) in [5, 5.41) is 12.6. The first-order valence-corrected chi connectivity index (χ1v) is 12.1. The summed E-state index contributed by atoms with van der Waals surface area (Å²) in [7, 11) is 1.63. The molecule has 2 aromatic carbocycles. The van der Waals surface area contributed by atoms with Gasteiger partial charge in [0.15, 0.2) is 0 Å². The van der Waals surface area contributed by atoms with E-state index in [4.69, 9.17) is 4.74 Å². The van der Waals surface area contributed by atoms with E-state index >= 15 is 0 Å². The predicted molar refractivity (Wildman–Crippen MR) is 130 cm³/mol. The number of carbonyl (C=O) groups excluding carboxylic acids is 2. The quantitative estimate of drug-likeness (QED) is 0.656. The Labute approximate surface area is 201 Å². The molecule has 2 fully saturated rings. The molecule has 182 valence electrons. The molecular formula is C27H35N3O4. The molecule has 2 amide bonds. The largest absolute Gasteiger partial charge is 0.508 e. The van der Waals surface area contributed by atoms with E-state index in [2.05, 4.69) is 24.1 Å². The number of piperazine rings is 1. The highest BCUT2D eigenvalue weighted by molar-refractivity contribution is 6.00. The number of hydrogen-bond acceptors (Lipinski definition) is 5. The van der Waals surface area contributed by atoms with E-state index in [1.165, 1.54) is 0 Å². The first-order valence-electron chi connectivity index (χ1n) is 12.1. The number of hydrogen-bond donors (Lipinski definition) is 2. The van der Waals surface area contributed by atoms with E-state index < -0.39 is 11.6 Å². The second-order valence-electron chi connectivity index (χ2n) is 9.91. The lowest BCUT2D eigenvalue weighted by Crippen LogP contribution is -2.72. The Morgan fingerprint density at radius 3 is 2.41 bits per heavy atom. The standard InChI is InChI=1S/C27H35N3O4/c1-19(2)15-24-25(32)30(18-21-5-4-6-23(16-21)34-3)27(26(33)28-24)11-13-29(14-12-27)17-20-7-9-22(31)10-8-20/h4-10,16,19,24,31H,11-15,17-18H2,1-3H3,(H,28,33). The maximum absolute atomic E-state index is 13.7. The van der Waals surface area contributed by atoms with Crippen LogP contribution in [0.1, 0.15) is 44.2 Å². The summed E-state index contributed by atoms with van der Waals surface area (Å²) in [5.74, 6) is 1.26. The number of carbonyl (C=O) groups is 2. The van der Waals surface area contributed by atoms with Crippen LogP contribution in [0.3, 0.4) is 0 Å². The zero-order chi connectivity index (χ0) is 24.3. The highest BCUT2D eigenvalue weighted by Crippen LogP contribution is 2.36. The molecule has 1 spiro atoms. The number of ether oxygens (including phenoxy) is 1. The lowest BCUT2D eigenvalue weighted by molar-refractivity contribution is -0.162. The fourth-order valence-electron chi connectivity index (χ4n) is 5.13. The first kappa shape index (κ1) is 24.1. The molecule has 2 aliphatic heterocycles. The maximum atomic E-state index is 13.7. The average Bonchev–Trinajstić information content (AvgIpc) is 2.83. The van der Waals surface area contributed by atoms with Gasteiger partial charge in [-0.25, -0.2) is 0 Å². The summed E-state index contributed by atoms with van der Waals surface area (Å²) < 4.78 is 5.38. The van der Waals surface area contributed by atoms with Crippen molar-refractivity contribution in [3.63, 3.8) is 0 Å². The van der Waals surface area contributed by atoms with Crippen molar-refractivity contribution < 1.29 is 19.4 Å². The Hall–Kier alpha value is -3.06. The van der Waals surface area contributed by atoms with Gasteiger partial charge in [0.05, 0.1) is 7.11 Å². The Balaban J connectivity index is 1.56. The highest BCUT2D eigenvalue weighted by atomic mass is 16.5. The first-order chi connectivity index (χ1) is 16.3. The van der Waals surface area contributed by atoms with E-state index in [9.17, 15) is 14.7 Å². The number of piperidine rings is 1. The van der Waals surface area contributed by atoms with E-state index in [1.54, 1.807) is 19.2 Å². The molecule has 2 aromatic rings. The number of nitrogens with zero attached hydrogens (tertiary/aromatic N) is 2. The summed E-state index contributed by atoms with van der Waals surface area (Å²) in [6.07, 6.45) is 1.80. The van der Waals surface area contributed by atoms with Gasteiger partial charge in [0.1, 0.15) is 23.1 Å². The molecule has 0 bridgehead atoms. The van der Waals surface area contributed by atoms with E-state index in [1.807, 2.05) is 41.3 Å². The van der Waals surface area contributed by atoms with Crippen LogP contribution in [0.4, 0.5) is 0 Å². The molecular weight excluding hydrogens is 430 g/mol. The van der Waals surface area contributed by atoms with Gasteiger partial charge < -0.3 is 20.1 Å². The summed E-state index contributed by atoms with van der Waals surface area (Å²) in [4.78, 5) is 31.4. The smallest absolute Gasteiger partial charge is 0.246 e. The number of phenolic OH excluding ortho intramolecular Hbond substituents is 1. The molecule has 1 unspecified atom stereocenters. The van der Waals surface area contributed by atoms with Crippen LogP contribution in [-0.4, -0.2) is 58.5 Å². The SMILES string of the molecule is COc1cccc(CN2C(=O)C(CC(C)C)NC(=O)C23CCN(Cc2ccc(O)cc2)CC3)c1. The highest BCUT2D eigenvalue weighted by Gasteiger charge is 2.53. The molecule has 1 atom stereocenters. The van der Waals surface area contributed by atoms with Crippen molar-refractivity contribution in [1.82, 2.24) is 15.1 Å². The van der Waals surface area contributed by atoms with Crippen LogP contribution < -0.4 is 10.1 Å². The molecule has 2 heterocycles. The van der Waals surface area contributed by atoms with Crippen LogP contribution in [0.25, 0.3) is 0 Å². The van der Waals surface area contributed by atoms with Crippen molar-refractivity contribution in [2.75, 3.05) is 20.2 Å². The van der Waals surface area contributed by atoms with Crippen LogP contribution in [0, 0.1) is 5.92 Å². The van der Waals surface area contributed by atoms with Gasteiger partial charge in [-0.15, -0.1) is 0 Å². The molecule has 7 nitrogen and oxygen atoms in total. The van der Waals surface area contributed by atoms with Crippen molar-refractivity contribution in [3.05, 3.63) is 59.7 Å². The van der Waals surface area contributed by atoms with Crippen molar-refractivity contribution in [2.45, 2.75) is 57.8 Å². The van der Waals surface area contributed by atoms with E-state index in [0.717, 1.165) is 23.4 Å². The summed E-state index contributed by atoms with van der Waals surface area (Å²) >= 11 is 0. The average molecular weight is 466 g/mol. The molecule has 4 rings (SSSR count). The van der Waals surface area contributed by atoms with Gasteiger partial charge >= 0.3 is 0 Å². The van der Waals surface area contributed by atoms with Crippen molar-refractivity contribution >= 4 is 11.8 Å². The number of amides is 2. The fourth-order valence-corrected chi connectivity index (χ4v) is 5.13. The van der Waals surface area contributed by atoms with Crippen LogP contribution in [0.5, 0.6) is 11.5 Å². The second kappa shape index (κ2) is 10.1. The van der Waals surface area contributed by atoms with Gasteiger partial charge in [-0.3, -0.25) is 14.5 Å². The molecule has 2 aliphatic rings. The fraction of sp³-hybridized carbons (Fsp3) is 0.481. The number of aromatic hydroxyl groups is 1. The van der Waals surface area contributed by atoms with Gasteiger partial charge in [0.25, 0.3) is 0 Å². The Morgan fingerprint density at radius 2 is 1.76 bits per heavy atom. The predicted octanol–water partition coefficient (Wildman–Crippen LogP) is 3.31. The van der Waals surface area contributed by atoms with E-state index in [-0.39, 0.29) is 17.6 Å². The third-order valence-corrected chi connectivity index (χ3v) is 7.02. The summed E-state index contributed by atoms with van der Waals surface area (Å²) in [6, 6.07) is 14.5. The van der Waals surface area contributed by atoms with Gasteiger partial charge in [-0.05, 0) is 60.6 Å². The third-order valence-electron chi connectivity index (χ3n) is 7.02. The van der Waals surface area contributed by atoms with Gasteiger partial charge in [-0.1, -0.05) is 38.1 Å². The van der Waals surface area contributed by atoms with Crippen molar-refractivity contribution in [1.29, 1.82) is 0 Å². The molecule has 7 heteroatoms. The van der Waals surface area contributed by atoms with Crippen LogP contribution in [-0.2, 0) is 22.7 Å². The van der Waals surface area contributed by atoms with Crippen molar-refractivity contribution in [2.24, 2.45) is 5.92 Å². The minimum atomic E-state index is -0.848. The Kier molecular flexibility index (Phi) is 7.12. The van der Waals surface area contributed by atoms with Gasteiger partial charge in [0.2, 0.25) is 11.8 Å². The van der Waals surface area contributed by atoms with Crippen LogP contribution >= 0.6 is 0 Å². The maximum Gasteiger partial charge on any atom is 0.246 e. The minimum absolute atomic E-state index is 0.00287. The van der Waals surface area contributed by atoms with Crippen LogP contribution in [0.15, 0.2) is 48.5 Å². The number of likely N-dealkylation sites (tertiary alicyclic amines) is 1. The number of methoxy groups -OCH3 is 1. The second-order valence-corrected chi connectivity index (χ2v) is 9.91. The molecule has 2 N–H and O–H groups in total. The molecule has 0 aromatic heterocycles. The minimum Gasteiger partial charge on any atom is -0.508 e. The van der Waals surface area contributed by atoms with E-state index in [0.29, 0.717) is 44.8 Å². The van der Waals surface area contributed by atoms with Crippen LogP contribution in [0.2, 0.25) is 0 Å². The normalized spacial score (nSPS) is 20.6. The van der Waals surface area contributed by atoms with Gasteiger partial charge in [-0.2, -0.15) is 0 Å². The lowest BCUT2D eigenvalue weighted by atomic mass is 9.80. The number of nitrogens with one attached hydrogen (secondary N) is 1. The Bertz CT molecular complexity index is 1010. The number of rotatable bonds is 7. The zero-order valence-corrected chi connectivity index (χ0v) is 20.3. The molecule has 2 saturated heterocycles. The molecule has 34 heavy (non-hydrogen) atoms. The van der Waals surface area contributed by atoms with Gasteiger partial charge in [0, 0.05) is 26.2 Å². The molecule has 0 aliphatic carbocycles. The number of phenols is 1. The third kappa shape index (κ3) is 5.04. The monoisotopic (exact) mass is 465 g/mol. The summed E-state index contributed by atoms with van der Waals surface area (Å²) in [6.45, 7) is 6.69. The lowest BCUT2D eigenvalue weighted by Gasteiger charge is -2.52. The Morgan fingerprint density at radius 1 is 1.06 bits per heavy atom. The summed E-state index contributed by atoms with van der Waals surface area (Å²) in [5.41, 5.74) is 1.22. The number of benzene rings is 2. The zero-order valence-electron chi connectivity index (χ0n) is 20.3. The molecule has 0 saturated carbocycles. The molecule has 0 radical (unpaired) electrons. The topological polar surface area (TPSA) is 82.1 Å².